The van der Waals surface area contributed by atoms with Gasteiger partial charge < -0.3 is 14.8 Å². The van der Waals surface area contributed by atoms with Gasteiger partial charge in [-0.1, -0.05) is 18.2 Å². The van der Waals surface area contributed by atoms with Gasteiger partial charge in [-0.25, -0.2) is 4.79 Å². The Morgan fingerprint density at radius 1 is 1.06 bits per heavy atom. The van der Waals surface area contributed by atoms with Crippen LogP contribution in [0.4, 0.5) is 0 Å². The SMILES string of the molecule is CC(=O)Oc1ccc([C@@H]2C(C(=O)OC3CCCC3)=C(C)NC3=C2C(=O)C[C@H](c2cccs2)C3)cc1. The lowest BCUT2D eigenvalue weighted by molar-refractivity contribution is -0.144. The number of ether oxygens (including phenoxy) is 2. The van der Waals surface area contributed by atoms with Gasteiger partial charge >= 0.3 is 11.9 Å². The second-order valence-electron chi connectivity index (χ2n) is 9.51. The molecule has 2 aliphatic carbocycles. The van der Waals surface area contributed by atoms with Crippen molar-refractivity contribution in [2.45, 2.75) is 70.3 Å². The number of nitrogens with one attached hydrogen (secondary N) is 1. The highest BCUT2D eigenvalue weighted by Crippen LogP contribution is 2.46. The zero-order valence-corrected chi connectivity index (χ0v) is 20.8. The first-order valence-corrected chi connectivity index (χ1v) is 13.1. The molecule has 3 aliphatic rings. The van der Waals surface area contributed by atoms with Crippen molar-refractivity contribution in [2.24, 2.45) is 0 Å². The lowest BCUT2D eigenvalue weighted by Crippen LogP contribution is -2.36. The number of benzene rings is 1. The Balaban J connectivity index is 1.53. The zero-order valence-electron chi connectivity index (χ0n) is 20.0. The molecule has 1 aromatic heterocycles. The van der Waals surface area contributed by atoms with Gasteiger partial charge in [0.25, 0.3) is 0 Å². The molecule has 182 valence electrons. The van der Waals surface area contributed by atoms with E-state index in [9.17, 15) is 14.4 Å². The molecule has 1 saturated carbocycles. The molecule has 0 bridgehead atoms. The van der Waals surface area contributed by atoms with Crippen molar-refractivity contribution in [2.75, 3.05) is 0 Å². The Hall–Kier alpha value is -3.19. The highest BCUT2D eigenvalue weighted by atomic mass is 32.1. The molecule has 2 atom stereocenters. The van der Waals surface area contributed by atoms with Gasteiger partial charge in [0.2, 0.25) is 0 Å². The van der Waals surface area contributed by atoms with Crippen LogP contribution in [0.5, 0.6) is 5.75 Å². The summed E-state index contributed by atoms with van der Waals surface area (Å²) in [6, 6.07) is 11.2. The molecule has 2 aromatic rings. The number of Topliss-reactive ketones (excluding diaryl/α,β-unsaturated/α-hetero) is 1. The van der Waals surface area contributed by atoms with Crippen molar-refractivity contribution >= 4 is 29.1 Å². The van der Waals surface area contributed by atoms with Crippen LogP contribution in [0.2, 0.25) is 0 Å². The monoisotopic (exact) mass is 491 g/mol. The van der Waals surface area contributed by atoms with Crippen molar-refractivity contribution in [1.82, 2.24) is 5.32 Å². The number of esters is 2. The molecule has 0 saturated heterocycles. The van der Waals surface area contributed by atoms with Gasteiger partial charge in [0.15, 0.2) is 5.78 Å². The molecule has 1 aliphatic heterocycles. The summed E-state index contributed by atoms with van der Waals surface area (Å²) in [5.74, 6) is -0.694. The van der Waals surface area contributed by atoms with E-state index in [0.717, 1.165) is 42.6 Å². The summed E-state index contributed by atoms with van der Waals surface area (Å²) in [5, 5.41) is 5.44. The molecule has 1 fully saturated rings. The van der Waals surface area contributed by atoms with Gasteiger partial charge in [0.1, 0.15) is 11.9 Å². The minimum absolute atomic E-state index is 0.0462. The summed E-state index contributed by atoms with van der Waals surface area (Å²) in [7, 11) is 0. The maximum absolute atomic E-state index is 13.6. The van der Waals surface area contributed by atoms with Crippen LogP contribution in [-0.4, -0.2) is 23.8 Å². The molecule has 7 heteroatoms. The van der Waals surface area contributed by atoms with Crippen LogP contribution in [0.3, 0.4) is 0 Å². The summed E-state index contributed by atoms with van der Waals surface area (Å²) in [6.07, 6.45) is 4.93. The molecule has 0 radical (unpaired) electrons. The lowest BCUT2D eigenvalue weighted by Gasteiger charge is -2.36. The van der Waals surface area contributed by atoms with Gasteiger partial charge in [-0.15, -0.1) is 11.3 Å². The van der Waals surface area contributed by atoms with Crippen molar-refractivity contribution in [3.05, 3.63) is 74.8 Å². The number of ketones is 1. The molecule has 0 spiro atoms. The summed E-state index contributed by atoms with van der Waals surface area (Å²) in [4.78, 5) is 39.6. The van der Waals surface area contributed by atoms with Gasteiger partial charge in [0.05, 0.1) is 5.57 Å². The summed E-state index contributed by atoms with van der Waals surface area (Å²) >= 11 is 1.67. The maximum Gasteiger partial charge on any atom is 0.337 e. The van der Waals surface area contributed by atoms with Crippen LogP contribution in [0.15, 0.2) is 64.3 Å². The number of hydrogen-bond acceptors (Lipinski definition) is 7. The molecule has 0 amide bonds. The predicted molar refractivity (Wildman–Crippen MR) is 133 cm³/mol. The van der Waals surface area contributed by atoms with Crippen LogP contribution < -0.4 is 10.1 Å². The Labute approximate surface area is 209 Å². The average Bonchev–Trinajstić information content (AvgIpc) is 3.53. The zero-order chi connectivity index (χ0) is 24.5. The maximum atomic E-state index is 13.6. The molecule has 1 aromatic carbocycles. The number of allylic oxidation sites excluding steroid dienone is 3. The van der Waals surface area contributed by atoms with Crippen LogP contribution in [0.1, 0.15) is 74.6 Å². The van der Waals surface area contributed by atoms with E-state index < -0.39 is 11.9 Å². The van der Waals surface area contributed by atoms with Crippen molar-refractivity contribution < 1.29 is 23.9 Å². The Bertz CT molecular complexity index is 1200. The third kappa shape index (κ3) is 4.82. The van der Waals surface area contributed by atoms with Crippen molar-refractivity contribution in [1.29, 1.82) is 0 Å². The summed E-state index contributed by atoms with van der Waals surface area (Å²) in [5.41, 5.74) is 3.53. The van der Waals surface area contributed by atoms with Crippen LogP contribution in [-0.2, 0) is 19.1 Å². The van der Waals surface area contributed by atoms with Crippen molar-refractivity contribution in [3.8, 4) is 5.75 Å². The van der Waals surface area contributed by atoms with E-state index in [1.54, 1.807) is 23.5 Å². The molecular formula is C28H29NO5S. The number of dihydropyridines is 1. The first-order chi connectivity index (χ1) is 16.9. The summed E-state index contributed by atoms with van der Waals surface area (Å²) in [6.45, 7) is 3.24. The Morgan fingerprint density at radius 3 is 2.46 bits per heavy atom. The number of rotatable bonds is 5. The van der Waals surface area contributed by atoms with Gasteiger partial charge in [-0.3, -0.25) is 9.59 Å². The highest BCUT2D eigenvalue weighted by molar-refractivity contribution is 7.10. The number of hydrogen-bond donors (Lipinski definition) is 1. The summed E-state index contributed by atoms with van der Waals surface area (Å²) < 4.78 is 11.1. The first kappa shape index (κ1) is 23.5. The second kappa shape index (κ2) is 9.82. The van der Waals surface area contributed by atoms with Gasteiger partial charge in [-0.2, -0.15) is 0 Å². The van der Waals surface area contributed by atoms with E-state index in [4.69, 9.17) is 9.47 Å². The average molecular weight is 492 g/mol. The smallest absolute Gasteiger partial charge is 0.337 e. The minimum Gasteiger partial charge on any atom is -0.459 e. The van der Waals surface area contributed by atoms with E-state index in [-0.39, 0.29) is 23.8 Å². The number of carbonyl (C=O) groups excluding carboxylic acids is 3. The fourth-order valence-corrected chi connectivity index (χ4v) is 6.31. The van der Waals surface area contributed by atoms with E-state index in [1.807, 2.05) is 30.5 Å². The normalized spacial score (nSPS) is 22.6. The molecule has 5 rings (SSSR count). The fraction of sp³-hybridized carbons (Fsp3) is 0.393. The Morgan fingerprint density at radius 2 is 1.80 bits per heavy atom. The quantitative estimate of drug-likeness (QED) is 0.438. The Kier molecular flexibility index (Phi) is 6.60. The van der Waals surface area contributed by atoms with Crippen LogP contribution in [0, 0.1) is 0 Å². The van der Waals surface area contributed by atoms with E-state index in [2.05, 4.69) is 11.4 Å². The molecule has 6 nitrogen and oxygen atoms in total. The van der Waals surface area contributed by atoms with Gasteiger partial charge in [-0.05, 0) is 68.2 Å². The standard InChI is InChI=1S/C28H29NO5S/c1-16-25(28(32)34-20-6-3-4-7-20)26(18-9-11-21(12-10-18)33-17(2)30)27-22(29-16)14-19(15-23(27)31)24-8-5-13-35-24/h5,8-13,19-20,26,29H,3-4,6-7,14-15H2,1-2H3/t19-,26-/m1/s1. The molecule has 2 heterocycles. The second-order valence-corrected chi connectivity index (χ2v) is 10.5. The van der Waals surface area contributed by atoms with Crippen molar-refractivity contribution in [3.63, 3.8) is 0 Å². The molecule has 1 N–H and O–H groups in total. The molecule has 0 unspecified atom stereocenters. The third-order valence-electron chi connectivity index (χ3n) is 7.04. The van der Waals surface area contributed by atoms with Gasteiger partial charge in [0, 0.05) is 47.0 Å². The molecule has 35 heavy (non-hydrogen) atoms. The fourth-order valence-electron chi connectivity index (χ4n) is 5.48. The third-order valence-corrected chi connectivity index (χ3v) is 8.08. The van der Waals surface area contributed by atoms with E-state index >= 15 is 0 Å². The molecular weight excluding hydrogens is 462 g/mol. The first-order valence-electron chi connectivity index (χ1n) is 12.2. The predicted octanol–water partition coefficient (Wildman–Crippen LogP) is 5.52. The number of thiophene rings is 1. The lowest BCUT2D eigenvalue weighted by atomic mass is 9.72. The number of carbonyl (C=O) groups is 3. The highest BCUT2D eigenvalue weighted by Gasteiger charge is 2.42. The van der Waals surface area contributed by atoms with E-state index in [0.29, 0.717) is 29.7 Å². The topological polar surface area (TPSA) is 81.7 Å². The van der Waals surface area contributed by atoms with Crippen LogP contribution >= 0.6 is 11.3 Å². The van der Waals surface area contributed by atoms with E-state index in [1.165, 1.54) is 11.8 Å². The minimum atomic E-state index is -0.525. The van der Waals surface area contributed by atoms with Crippen LogP contribution in [0.25, 0.3) is 0 Å². The largest absolute Gasteiger partial charge is 0.459 e.